The van der Waals surface area contributed by atoms with Crippen LogP contribution in [0.3, 0.4) is 0 Å². The Morgan fingerprint density at radius 3 is 2.80 bits per heavy atom. The standard InChI is InChI=1S/C19H13FN2O6S2/c1-27-15-8-10(19(23)24)2-5-14(15)22-30(25,26)16-9-29-18(21-16)12-3-4-13(20)11-6-7-28-17(11)12/h2-9,22H,1H3,(H,23,24). The number of aromatic nitrogens is 1. The number of hydrogen-bond donors (Lipinski definition) is 2. The van der Waals surface area contributed by atoms with Gasteiger partial charge in [0.15, 0.2) is 5.03 Å². The minimum Gasteiger partial charge on any atom is -0.495 e. The summed E-state index contributed by atoms with van der Waals surface area (Å²) < 4.78 is 52.2. The Labute approximate surface area is 173 Å². The first-order valence-corrected chi connectivity index (χ1v) is 10.7. The number of rotatable bonds is 6. The molecule has 0 saturated heterocycles. The molecule has 2 heterocycles. The molecular weight excluding hydrogens is 435 g/mol. The van der Waals surface area contributed by atoms with Crippen LogP contribution in [-0.4, -0.2) is 31.6 Å². The van der Waals surface area contributed by atoms with Crippen LogP contribution in [0, 0.1) is 5.82 Å². The number of halogens is 1. The van der Waals surface area contributed by atoms with Gasteiger partial charge >= 0.3 is 5.97 Å². The number of carboxylic acid groups (broad SMARTS) is 1. The van der Waals surface area contributed by atoms with Crippen LogP contribution in [0.4, 0.5) is 10.1 Å². The van der Waals surface area contributed by atoms with Crippen molar-refractivity contribution in [3.8, 4) is 16.3 Å². The van der Waals surface area contributed by atoms with Gasteiger partial charge in [-0.3, -0.25) is 4.72 Å². The normalized spacial score (nSPS) is 11.5. The molecule has 4 aromatic rings. The van der Waals surface area contributed by atoms with Gasteiger partial charge in [-0.15, -0.1) is 11.3 Å². The van der Waals surface area contributed by atoms with Gasteiger partial charge in [-0.1, -0.05) is 0 Å². The Morgan fingerprint density at radius 2 is 2.07 bits per heavy atom. The Hall–Kier alpha value is -3.44. The summed E-state index contributed by atoms with van der Waals surface area (Å²) in [5, 5.41) is 10.8. The van der Waals surface area contributed by atoms with Crippen LogP contribution in [0.5, 0.6) is 5.75 Å². The number of anilines is 1. The molecule has 0 aliphatic heterocycles. The lowest BCUT2D eigenvalue weighted by Gasteiger charge is -2.11. The van der Waals surface area contributed by atoms with Gasteiger partial charge in [0, 0.05) is 5.38 Å². The summed E-state index contributed by atoms with van der Waals surface area (Å²) in [6, 6.07) is 7.96. The van der Waals surface area contributed by atoms with E-state index in [1.54, 1.807) is 0 Å². The minimum atomic E-state index is -4.10. The van der Waals surface area contributed by atoms with E-state index in [4.69, 9.17) is 14.3 Å². The van der Waals surface area contributed by atoms with Crippen LogP contribution in [0.1, 0.15) is 10.4 Å². The lowest BCUT2D eigenvalue weighted by molar-refractivity contribution is 0.0696. The van der Waals surface area contributed by atoms with E-state index >= 15 is 0 Å². The molecule has 0 radical (unpaired) electrons. The number of ether oxygens (including phenoxy) is 1. The predicted octanol–water partition coefficient (Wildman–Crippen LogP) is 4.20. The van der Waals surface area contributed by atoms with E-state index in [2.05, 4.69) is 9.71 Å². The number of carbonyl (C=O) groups is 1. The highest BCUT2D eigenvalue weighted by Gasteiger charge is 2.22. The zero-order chi connectivity index (χ0) is 21.5. The van der Waals surface area contributed by atoms with Gasteiger partial charge in [0.1, 0.15) is 22.2 Å². The summed E-state index contributed by atoms with van der Waals surface area (Å²) >= 11 is 1.06. The molecule has 0 atom stereocenters. The number of fused-ring (bicyclic) bond motifs is 1. The van der Waals surface area contributed by atoms with E-state index in [9.17, 15) is 17.6 Å². The maximum atomic E-state index is 13.9. The van der Waals surface area contributed by atoms with Gasteiger partial charge in [0.25, 0.3) is 10.0 Å². The molecule has 0 aliphatic carbocycles. The van der Waals surface area contributed by atoms with Crippen LogP contribution in [0.15, 0.2) is 57.5 Å². The van der Waals surface area contributed by atoms with E-state index in [0.717, 1.165) is 11.3 Å². The lowest BCUT2D eigenvalue weighted by atomic mass is 10.1. The molecular formula is C19H13FN2O6S2. The highest BCUT2D eigenvalue weighted by Crippen LogP contribution is 2.34. The minimum absolute atomic E-state index is 0.0461. The first-order valence-electron chi connectivity index (χ1n) is 8.36. The van der Waals surface area contributed by atoms with Gasteiger partial charge in [-0.05, 0) is 36.4 Å². The molecule has 2 N–H and O–H groups in total. The zero-order valence-electron chi connectivity index (χ0n) is 15.2. The molecule has 0 spiro atoms. The zero-order valence-corrected chi connectivity index (χ0v) is 16.9. The summed E-state index contributed by atoms with van der Waals surface area (Å²) in [6.45, 7) is 0. The molecule has 2 aromatic carbocycles. The van der Waals surface area contributed by atoms with Gasteiger partial charge < -0.3 is 14.3 Å². The fraction of sp³-hybridized carbons (Fsp3) is 0.0526. The van der Waals surface area contributed by atoms with E-state index in [-0.39, 0.29) is 33.0 Å². The van der Waals surface area contributed by atoms with Gasteiger partial charge in [-0.25, -0.2) is 14.2 Å². The van der Waals surface area contributed by atoms with Crippen molar-refractivity contribution < 1.29 is 31.9 Å². The molecule has 0 saturated carbocycles. The second-order valence-electron chi connectivity index (χ2n) is 6.07. The van der Waals surface area contributed by atoms with Crippen molar-refractivity contribution in [2.24, 2.45) is 0 Å². The number of aromatic carboxylic acids is 1. The fourth-order valence-corrected chi connectivity index (χ4v) is 4.99. The summed E-state index contributed by atoms with van der Waals surface area (Å²) in [5.41, 5.74) is 0.746. The highest BCUT2D eigenvalue weighted by atomic mass is 32.2. The monoisotopic (exact) mass is 448 g/mol. The average Bonchev–Trinajstić information content (AvgIpc) is 3.39. The van der Waals surface area contributed by atoms with Gasteiger partial charge in [0.05, 0.1) is 35.6 Å². The number of hydrogen-bond acceptors (Lipinski definition) is 7. The number of nitrogens with one attached hydrogen (secondary N) is 1. The first-order chi connectivity index (χ1) is 14.3. The number of thiazole rings is 1. The second kappa shape index (κ2) is 7.43. The number of furan rings is 1. The number of methoxy groups -OCH3 is 1. The molecule has 0 aliphatic rings. The summed E-state index contributed by atoms with van der Waals surface area (Å²) in [7, 11) is -2.80. The second-order valence-corrected chi connectivity index (χ2v) is 8.56. The third-order valence-electron chi connectivity index (χ3n) is 4.25. The molecule has 11 heteroatoms. The molecule has 0 bridgehead atoms. The van der Waals surface area contributed by atoms with E-state index in [1.807, 2.05) is 0 Å². The highest BCUT2D eigenvalue weighted by molar-refractivity contribution is 7.92. The van der Waals surface area contributed by atoms with Crippen molar-refractivity contribution in [1.29, 1.82) is 0 Å². The van der Waals surface area contributed by atoms with Crippen molar-refractivity contribution in [2.45, 2.75) is 5.03 Å². The molecule has 0 unspecified atom stereocenters. The number of nitrogens with zero attached hydrogens (tertiary/aromatic N) is 1. The molecule has 4 rings (SSSR count). The third-order valence-corrected chi connectivity index (χ3v) is 6.52. The number of sulfonamides is 1. The number of benzene rings is 2. The lowest BCUT2D eigenvalue weighted by Crippen LogP contribution is -2.14. The molecule has 2 aromatic heterocycles. The predicted molar refractivity (Wildman–Crippen MR) is 108 cm³/mol. The van der Waals surface area contributed by atoms with E-state index in [0.29, 0.717) is 10.6 Å². The van der Waals surface area contributed by atoms with Gasteiger partial charge in [0.2, 0.25) is 0 Å². The van der Waals surface area contributed by atoms with Crippen molar-refractivity contribution in [2.75, 3.05) is 11.8 Å². The van der Waals surface area contributed by atoms with Crippen molar-refractivity contribution in [1.82, 2.24) is 4.98 Å². The van der Waals surface area contributed by atoms with E-state index in [1.165, 1.54) is 55.2 Å². The third kappa shape index (κ3) is 3.48. The van der Waals surface area contributed by atoms with E-state index < -0.39 is 21.8 Å². The summed E-state index contributed by atoms with van der Waals surface area (Å²) in [6.07, 6.45) is 1.34. The maximum Gasteiger partial charge on any atom is 0.335 e. The van der Waals surface area contributed by atoms with Crippen molar-refractivity contribution in [3.63, 3.8) is 0 Å². The van der Waals surface area contributed by atoms with Crippen molar-refractivity contribution in [3.05, 3.63) is 59.4 Å². The quantitative estimate of drug-likeness (QED) is 0.454. The molecule has 0 fully saturated rings. The summed E-state index contributed by atoms with van der Waals surface area (Å²) in [4.78, 5) is 15.2. The SMILES string of the molecule is COc1cc(C(=O)O)ccc1NS(=O)(=O)c1csc(-c2ccc(F)c3ccoc23)n1. The Balaban J connectivity index is 1.68. The van der Waals surface area contributed by atoms with Crippen LogP contribution >= 0.6 is 11.3 Å². The smallest absolute Gasteiger partial charge is 0.335 e. The van der Waals surface area contributed by atoms with Crippen LogP contribution in [0.25, 0.3) is 21.5 Å². The Bertz CT molecular complexity index is 1380. The molecule has 8 nitrogen and oxygen atoms in total. The van der Waals surface area contributed by atoms with Crippen molar-refractivity contribution >= 4 is 44.0 Å². The van der Waals surface area contributed by atoms with Crippen LogP contribution in [0.2, 0.25) is 0 Å². The molecule has 154 valence electrons. The van der Waals surface area contributed by atoms with Gasteiger partial charge in [-0.2, -0.15) is 8.42 Å². The average molecular weight is 448 g/mol. The largest absolute Gasteiger partial charge is 0.495 e. The Morgan fingerprint density at radius 1 is 1.27 bits per heavy atom. The Kier molecular flexibility index (Phi) is 4.92. The molecule has 0 amide bonds. The summed E-state index contributed by atoms with van der Waals surface area (Å²) in [5.74, 6) is -1.58. The van der Waals surface area contributed by atoms with Crippen LogP contribution in [-0.2, 0) is 10.0 Å². The maximum absolute atomic E-state index is 13.9. The fourth-order valence-electron chi connectivity index (χ4n) is 2.81. The molecule has 30 heavy (non-hydrogen) atoms. The number of carboxylic acids is 1. The topological polar surface area (TPSA) is 119 Å². The first kappa shape index (κ1) is 19.9. The van der Waals surface area contributed by atoms with Crippen LogP contribution < -0.4 is 9.46 Å².